The van der Waals surface area contributed by atoms with Crippen LogP contribution in [0.15, 0.2) is 6.07 Å². The highest BCUT2D eigenvalue weighted by atomic mass is 35.5. The van der Waals surface area contributed by atoms with Crippen molar-refractivity contribution >= 4 is 17.4 Å². The molecular weight excluding hydrogens is 238 g/mol. The average Bonchev–Trinajstić information content (AvgIpc) is 2.28. The number of aromatic nitrogens is 2. The van der Waals surface area contributed by atoms with Crippen molar-refractivity contribution in [3.05, 3.63) is 17.0 Å². The number of rotatable bonds is 7. The predicted molar refractivity (Wildman–Crippen MR) is 70.6 cm³/mol. The van der Waals surface area contributed by atoms with Crippen molar-refractivity contribution in [2.75, 3.05) is 19.0 Å². The monoisotopic (exact) mass is 257 g/mol. The van der Waals surface area contributed by atoms with Crippen LogP contribution in [-0.2, 0) is 11.2 Å². The van der Waals surface area contributed by atoms with Gasteiger partial charge in [0, 0.05) is 19.6 Å². The average molecular weight is 258 g/mol. The first-order chi connectivity index (χ1) is 8.19. The minimum absolute atomic E-state index is 0.250. The van der Waals surface area contributed by atoms with Gasteiger partial charge in [-0.3, -0.25) is 0 Å². The van der Waals surface area contributed by atoms with Crippen LogP contribution in [0.25, 0.3) is 0 Å². The van der Waals surface area contributed by atoms with Gasteiger partial charge in [-0.15, -0.1) is 0 Å². The molecule has 0 radical (unpaired) electrons. The van der Waals surface area contributed by atoms with Gasteiger partial charge in [-0.2, -0.15) is 0 Å². The summed E-state index contributed by atoms with van der Waals surface area (Å²) in [4.78, 5) is 8.62. The van der Waals surface area contributed by atoms with E-state index in [1.54, 1.807) is 13.2 Å². The maximum absolute atomic E-state index is 5.97. The van der Waals surface area contributed by atoms with E-state index in [2.05, 4.69) is 29.1 Å². The van der Waals surface area contributed by atoms with E-state index in [0.717, 1.165) is 30.9 Å². The molecule has 1 N–H and O–H groups in total. The van der Waals surface area contributed by atoms with E-state index in [1.165, 1.54) is 0 Å². The number of nitrogens with one attached hydrogen (secondary N) is 1. The lowest BCUT2D eigenvalue weighted by atomic mass is 10.2. The summed E-state index contributed by atoms with van der Waals surface area (Å²) in [5.41, 5.74) is 0. The Hall–Kier alpha value is -0.870. The van der Waals surface area contributed by atoms with Crippen LogP contribution in [0.3, 0.4) is 0 Å². The van der Waals surface area contributed by atoms with Gasteiger partial charge in [0.1, 0.15) is 16.8 Å². The van der Waals surface area contributed by atoms with E-state index in [9.17, 15) is 0 Å². The molecule has 0 fully saturated rings. The normalized spacial score (nSPS) is 12.5. The van der Waals surface area contributed by atoms with Gasteiger partial charge in [0.2, 0.25) is 0 Å². The molecule has 17 heavy (non-hydrogen) atoms. The van der Waals surface area contributed by atoms with Crippen molar-refractivity contribution in [1.29, 1.82) is 0 Å². The second-order valence-corrected chi connectivity index (χ2v) is 4.33. The third-order valence-corrected chi connectivity index (χ3v) is 2.62. The van der Waals surface area contributed by atoms with Gasteiger partial charge in [-0.05, 0) is 12.8 Å². The summed E-state index contributed by atoms with van der Waals surface area (Å²) in [6.07, 6.45) is 2.82. The first kappa shape index (κ1) is 14.2. The lowest BCUT2D eigenvalue weighted by molar-refractivity contribution is 0.184. The van der Waals surface area contributed by atoms with Gasteiger partial charge in [0.25, 0.3) is 0 Å². The number of hydrogen-bond donors (Lipinski definition) is 1. The van der Waals surface area contributed by atoms with E-state index in [0.29, 0.717) is 11.8 Å². The van der Waals surface area contributed by atoms with E-state index < -0.39 is 0 Å². The Morgan fingerprint density at radius 3 is 2.76 bits per heavy atom. The Balaban J connectivity index is 2.75. The van der Waals surface area contributed by atoms with Crippen molar-refractivity contribution in [1.82, 2.24) is 9.97 Å². The topological polar surface area (TPSA) is 47.0 Å². The third-order valence-electron chi connectivity index (χ3n) is 2.43. The fraction of sp³-hybridized carbons (Fsp3) is 0.667. The quantitative estimate of drug-likeness (QED) is 0.763. The van der Waals surface area contributed by atoms with Crippen molar-refractivity contribution < 1.29 is 4.74 Å². The minimum Gasteiger partial charge on any atom is -0.383 e. The van der Waals surface area contributed by atoms with Crippen LogP contribution in [-0.4, -0.2) is 29.7 Å². The molecule has 0 aliphatic carbocycles. The molecule has 1 unspecified atom stereocenters. The molecule has 0 bridgehead atoms. The van der Waals surface area contributed by atoms with Crippen molar-refractivity contribution in [2.45, 2.75) is 39.2 Å². The molecule has 0 aliphatic heterocycles. The summed E-state index contributed by atoms with van der Waals surface area (Å²) in [7, 11) is 1.69. The third kappa shape index (κ3) is 4.88. The Morgan fingerprint density at radius 1 is 1.41 bits per heavy atom. The van der Waals surface area contributed by atoms with Gasteiger partial charge in [-0.1, -0.05) is 25.4 Å². The molecule has 1 aromatic heterocycles. The Bertz CT molecular complexity index is 347. The number of anilines is 1. The Morgan fingerprint density at radius 2 is 2.18 bits per heavy atom. The molecule has 0 saturated heterocycles. The van der Waals surface area contributed by atoms with Gasteiger partial charge < -0.3 is 10.1 Å². The highest BCUT2D eigenvalue weighted by Crippen LogP contribution is 2.14. The van der Waals surface area contributed by atoms with Crippen LogP contribution >= 0.6 is 11.6 Å². The largest absolute Gasteiger partial charge is 0.383 e. The van der Waals surface area contributed by atoms with E-state index in [1.807, 2.05) is 0 Å². The number of methoxy groups -OCH3 is 1. The van der Waals surface area contributed by atoms with Crippen molar-refractivity contribution in [3.8, 4) is 0 Å². The molecule has 1 atom stereocenters. The second-order valence-electron chi connectivity index (χ2n) is 3.95. The molecule has 1 heterocycles. The minimum atomic E-state index is 0.250. The zero-order valence-corrected chi connectivity index (χ0v) is 11.4. The first-order valence-electron chi connectivity index (χ1n) is 5.98. The van der Waals surface area contributed by atoms with Gasteiger partial charge in [0.15, 0.2) is 0 Å². The van der Waals surface area contributed by atoms with Gasteiger partial charge in [0.05, 0.1) is 12.6 Å². The van der Waals surface area contributed by atoms with Crippen molar-refractivity contribution in [3.63, 3.8) is 0 Å². The number of hydrogen-bond acceptors (Lipinski definition) is 4. The molecule has 4 nitrogen and oxygen atoms in total. The standard InChI is InChI=1S/C12H20ClN3O/c1-4-6-11-15-10(13)7-12(16-11)14-9(5-2)8-17-3/h7,9H,4-6,8H2,1-3H3,(H,14,15,16). The second kappa shape index (κ2) is 7.45. The molecule has 0 saturated carbocycles. The van der Waals surface area contributed by atoms with Crippen LogP contribution < -0.4 is 5.32 Å². The highest BCUT2D eigenvalue weighted by Gasteiger charge is 2.08. The molecule has 1 rings (SSSR count). The molecular formula is C12H20ClN3O. The van der Waals surface area contributed by atoms with E-state index >= 15 is 0 Å². The zero-order chi connectivity index (χ0) is 12.7. The summed E-state index contributed by atoms with van der Waals surface area (Å²) in [5.74, 6) is 1.56. The van der Waals surface area contributed by atoms with Gasteiger partial charge in [-0.25, -0.2) is 9.97 Å². The summed E-state index contributed by atoms with van der Waals surface area (Å²) in [5, 5.41) is 3.79. The number of halogens is 1. The molecule has 5 heteroatoms. The maximum atomic E-state index is 5.97. The molecule has 1 aromatic rings. The molecule has 0 aromatic carbocycles. The fourth-order valence-electron chi connectivity index (χ4n) is 1.55. The van der Waals surface area contributed by atoms with Crippen LogP contribution in [0.4, 0.5) is 5.82 Å². The molecule has 0 aliphatic rings. The Labute approximate surface area is 108 Å². The van der Waals surface area contributed by atoms with Crippen LogP contribution in [0.1, 0.15) is 32.5 Å². The molecule has 0 amide bonds. The summed E-state index contributed by atoms with van der Waals surface area (Å²) < 4.78 is 5.14. The Kier molecular flexibility index (Phi) is 6.22. The lowest BCUT2D eigenvalue weighted by Gasteiger charge is -2.17. The first-order valence-corrected chi connectivity index (χ1v) is 6.36. The summed E-state index contributed by atoms with van der Waals surface area (Å²) in [6.45, 7) is 4.85. The SMILES string of the molecule is CCCc1nc(Cl)cc(NC(CC)COC)n1. The summed E-state index contributed by atoms with van der Waals surface area (Å²) in [6, 6.07) is 2.00. The zero-order valence-electron chi connectivity index (χ0n) is 10.7. The van der Waals surface area contributed by atoms with Crippen LogP contribution in [0.2, 0.25) is 5.15 Å². The summed E-state index contributed by atoms with van der Waals surface area (Å²) >= 11 is 5.97. The van der Waals surface area contributed by atoms with Crippen LogP contribution in [0, 0.1) is 0 Å². The molecule has 96 valence electrons. The number of ether oxygens (including phenoxy) is 1. The van der Waals surface area contributed by atoms with E-state index in [4.69, 9.17) is 16.3 Å². The fourth-order valence-corrected chi connectivity index (χ4v) is 1.75. The highest BCUT2D eigenvalue weighted by molar-refractivity contribution is 6.29. The number of aryl methyl sites for hydroxylation is 1. The lowest BCUT2D eigenvalue weighted by Crippen LogP contribution is -2.24. The van der Waals surface area contributed by atoms with Crippen LogP contribution in [0.5, 0.6) is 0 Å². The maximum Gasteiger partial charge on any atom is 0.134 e. The van der Waals surface area contributed by atoms with E-state index in [-0.39, 0.29) is 6.04 Å². The van der Waals surface area contributed by atoms with Crippen molar-refractivity contribution in [2.24, 2.45) is 0 Å². The number of nitrogens with zero attached hydrogens (tertiary/aromatic N) is 2. The smallest absolute Gasteiger partial charge is 0.134 e. The molecule has 0 spiro atoms. The predicted octanol–water partition coefficient (Wildman–Crippen LogP) is 2.92. The van der Waals surface area contributed by atoms with Gasteiger partial charge >= 0.3 is 0 Å².